The van der Waals surface area contributed by atoms with Crippen molar-refractivity contribution in [1.29, 1.82) is 0 Å². The highest BCUT2D eigenvalue weighted by atomic mass is 15.4. The van der Waals surface area contributed by atoms with Crippen LogP contribution in [-0.4, -0.2) is 53.5 Å². The number of aliphatic imine (C=N–C) groups is 1. The molecule has 0 amide bonds. The molecule has 3 rings (SSSR count). The van der Waals surface area contributed by atoms with Crippen LogP contribution in [0, 0.1) is 5.92 Å². The summed E-state index contributed by atoms with van der Waals surface area (Å²) in [6, 6.07) is 0.787. The Bertz CT molecular complexity index is 352. The first-order chi connectivity index (χ1) is 8.61. The zero-order valence-corrected chi connectivity index (χ0v) is 11.7. The molecular formula is C14H26N4. The summed E-state index contributed by atoms with van der Waals surface area (Å²) in [6.45, 7) is 9.06. The number of piperidine rings is 1. The highest BCUT2D eigenvalue weighted by molar-refractivity contribution is 5.81. The van der Waals surface area contributed by atoms with Crippen LogP contribution in [0.5, 0.6) is 0 Å². The summed E-state index contributed by atoms with van der Waals surface area (Å²) in [5.74, 6) is 1.44. The number of nitrogens with two attached hydrogens (primary N) is 1. The van der Waals surface area contributed by atoms with Gasteiger partial charge in [-0.3, -0.25) is 4.99 Å². The minimum absolute atomic E-state index is 0.250. The number of guanidine groups is 1. The SMILES string of the molecule is CC(C)CN1C(N)=NCC12CCN1CCCC1C2. The van der Waals surface area contributed by atoms with Gasteiger partial charge in [0.1, 0.15) is 0 Å². The Morgan fingerprint density at radius 1 is 1.44 bits per heavy atom. The monoisotopic (exact) mass is 250 g/mol. The normalized spacial score (nSPS) is 36.5. The molecule has 0 aromatic rings. The molecule has 0 aromatic heterocycles. The molecule has 2 N–H and O–H groups in total. The fourth-order valence-electron chi connectivity index (χ4n) is 4.00. The smallest absolute Gasteiger partial charge is 0.191 e. The molecule has 0 saturated carbocycles. The van der Waals surface area contributed by atoms with Gasteiger partial charge >= 0.3 is 0 Å². The van der Waals surface area contributed by atoms with Crippen molar-refractivity contribution in [3.05, 3.63) is 0 Å². The number of hydrogen-bond donors (Lipinski definition) is 1. The second-order valence-corrected chi connectivity index (χ2v) is 6.69. The summed E-state index contributed by atoms with van der Waals surface area (Å²) >= 11 is 0. The van der Waals surface area contributed by atoms with Gasteiger partial charge in [-0.25, -0.2) is 0 Å². The zero-order chi connectivity index (χ0) is 12.8. The topological polar surface area (TPSA) is 44.9 Å². The maximum atomic E-state index is 6.13. The summed E-state index contributed by atoms with van der Waals surface area (Å²) in [7, 11) is 0. The Morgan fingerprint density at radius 2 is 2.28 bits per heavy atom. The Labute approximate surface area is 110 Å². The molecule has 0 radical (unpaired) electrons. The summed E-state index contributed by atoms with van der Waals surface area (Å²) < 4.78 is 0. The third-order valence-electron chi connectivity index (χ3n) is 4.91. The standard InChI is InChI=1S/C14H26N4/c1-11(2)9-18-13(15)16-10-14(18)5-7-17-6-3-4-12(17)8-14/h11-12H,3-10H2,1-2H3,(H2,15,16). The maximum Gasteiger partial charge on any atom is 0.191 e. The van der Waals surface area contributed by atoms with Crippen molar-refractivity contribution in [2.75, 3.05) is 26.2 Å². The number of fused-ring (bicyclic) bond motifs is 1. The maximum absolute atomic E-state index is 6.13. The summed E-state index contributed by atoms with van der Waals surface area (Å²) in [4.78, 5) is 9.66. The molecule has 1 spiro atoms. The largest absolute Gasteiger partial charge is 0.370 e. The predicted molar refractivity (Wildman–Crippen MR) is 74.6 cm³/mol. The van der Waals surface area contributed by atoms with E-state index < -0.39 is 0 Å². The molecule has 2 atom stereocenters. The van der Waals surface area contributed by atoms with Crippen LogP contribution in [0.15, 0.2) is 4.99 Å². The molecule has 2 saturated heterocycles. The van der Waals surface area contributed by atoms with Crippen molar-refractivity contribution in [3.63, 3.8) is 0 Å². The van der Waals surface area contributed by atoms with Crippen molar-refractivity contribution < 1.29 is 0 Å². The quantitative estimate of drug-likeness (QED) is 0.803. The Balaban J connectivity index is 1.77. The van der Waals surface area contributed by atoms with Crippen molar-refractivity contribution in [1.82, 2.24) is 9.80 Å². The van der Waals surface area contributed by atoms with Gasteiger partial charge in [-0.05, 0) is 38.1 Å². The van der Waals surface area contributed by atoms with Crippen LogP contribution in [0.4, 0.5) is 0 Å². The zero-order valence-electron chi connectivity index (χ0n) is 11.7. The molecule has 3 aliphatic rings. The van der Waals surface area contributed by atoms with E-state index in [1.54, 1.807) is 0 Å². The van der Waals surface area contributed by atoms with Gasteiger partial charge in [-0.2, -0.15) is 0 Å². The first-order valence-corrected chi connectivity index (χ1v) is 7.42. The minimum Gasteiger partial charge on any atom is -0.370 e. The Kier molecular flexibility index (Phi) is 3.00. The first-order valence-electron chi connectivity index (χ1n) is 7.42. The van der Waals surface area contributed by atoms with Crippen LogP contribution in [0.3, 0.4) is 0 Å². The Hall–Kier alpha value is -0.770. The lowest BCUT2D eigenvalue weighted by Gasteiger charge is -2.47. The second kappa shape index (κ2) is 4.41. The summed E-state index contributed by atoms with van der Waals surface area (Å²) in [5, 5.41) is 0. The molecule has 3 heterocycles. The van der Waals surface area contributed by atoms with E-state index in [1.807, 2.05) is 0 Å². The second-order valence-electron chi connectivity index (χ2n) is 6.69. The summed E-state index contributed by atoms with van der Waals surface area (Å²) in [5.41, 5.74) is 6.38. The molecular weight excluding hydrogens is 224 g/mol. The van der Waals surface area contributed by atoms with Gasteiger partial charge in [0.15, 0.2) is 5.96 Å². The van der Waals surface area contributed by atoms with E-state index in [0.717, 1.165) is 25.1 Å². The average Bonchev–Trinajstić information content (AvgIpc) is 2.89. The van der Waals surface area contributed by atoms with Crippen molar-refractivity contribution in [2.45, 2.75) is 51.1 Å². The minimum atomic E-state index is 0.250. The molecule has 102 valence electrons. The highest BCUT2D eigenvalue weighted by Gasteiger charge is 2.48. The molecule has 2 fully saturated rings. The van der Waals surface area contributed by atoms with Crippen LogP contribution < -0.4 is 5.73 Å². The third kappa shape index (κ3) is 1.91. The van der Waals surface area contributed by atoms with Gasteiger partial charge in [0.2, 0.25) is 0 Å². The van der Waals surface area contributed by atoms with Gasteiger partial charge in [-0.15, -0.1) is 0 Å². The lowest BCUT2D eigenvalue weighted by Crippen LogP contribution is -2.59. The number of nitrogens with zero attached hydrogens (tertiary/aromatic N) is 3. The molecule has 3 aliphatic heterocycles. The van der Waals surface area contributed by atoms with Gasteiger partial charge in [-0.1, -0.05) is 13.8 Å². The van der Waals surface area contributed by atoms with Crippen LogP contribution in [0.1, 0.15) is 39.5 Å². The van der Waals surface area contributed by atoms with Crippen LogP contribution >= 0.6 is 0 Å². The van der Waals surface area contributed by atoms with Crippen molar-refractivity contribution in [3.8, 4) is 0 Å². The lowest BCUT2D eigenvalue weighted by molar-refractivity contribution is 0.0576. The van der Waals surface area contributed by atoms with E-state index in [4.69, 9.17) is 5.73 Å². The van der Waals surface area contributed by atoms with E-state index >= 15 is 0 Å². The first kappa shape index (κ1) is 12.3. The van der Waals surface area contributed by atoms with Crippen LogP contribution in [-0.2, 0) is 0 Å². The average molecular weight is 250 g/mol. The fraction of sp³-hybridized carbons (Fsp3) is 0.929. The molecule has 0 aliphatic carbocycles. The predicted octanol–water partition coefficient (Wildman–Crippen LogP) is 1.27. The van der Waals surface area contributed by atoms with E-state index in [1.165, 1.54) is 38.8 Å². The van der Waals surface area contributed by atoms with E-state index in [9.17, 15) is 0 Å². The van der Waals surface area contributed by atoms with E-state index in [0.29, 0.717) is 5.92 Å². The van der Waals surface area contributed by atoms with Gasteiger partial charge in [0, 0.05) is 19.1 Å². The number of hydrogen-bond acceptors (Lipinski definition) is 4. The van der Waals surface area contributed by atoms with Crippen molar-refractivity contribution in [2.24, 2.45) is 16.6 Å². The molecule has 2 unspecified atom stereocenters. The van der Waals surface area contributed by atoms with E-state index in [-0.39, 0.29) is 5.54 Å². The fourth-order valence-corrected chi connectivity index (χ4v) is 4.00. The number of rotatable bonds is 2. The Morgan fingerprint density at radius 3 is 3.06 bits per heavy atom. The molecule has 0 aromatic carbocycles. The van der Waals surface area contributed by atoms with Gasteiger partial charge in [0.05, 0.1) is 12.1 Å². The van der Waals surface area contributed by atoms with Crippen LogP contribution in [0.25, 0.3) is 0 Å². The van der Waals surface area contributed by atoms with E-state index in [2.05, 4.69) is 28.6 Å². The molecule has 0 bridgehead atoms. The molecule has 4 nitrogen and oxygen atoms in total. The van der Waals surface area contributed by atoms with Crippen molar-refractivity contribution >= 4 is 5.96 Å². The van der Waals surface area contributed by atoms with Gasteiger partial charge in [0.25, 0.3) is 0 Å². The third-order valence-corrected chi connectivity index (χ3v) is 4.91. The molecule has 18 heavy (non-hydrogen) atoms. The summed E-state index contributed by atoms with van der Waals surface area (Å²) in [6.07, 6.45) is 5.25. The van der Waals surface area contributed by atoms with Crippen LogP contribution in [0.2, 0.25) is 0 Å². The lowest BCUT2D eigenvalue weighted by atomic mass is 9.82. The highest BCUT2D eigenvalue weighted by Crippen LogP contribution is 2.39. The molecule has 4 heteroatoms. The van der Waals surface area contributed by atoms with Gasteiger partial charge < -0.3 is 15.5 Å².